The van der Waals surface area contributed by atoms with E-state index in [1.54, 1.807) is 17.2 Å². The van der Waals surface area contributed by atoms with Crippen molar-refractivity contribution < 1.29 is 9.59 Å². The molecule has 1 fully saturated rings. The number of aromatic nitrogens is 1. The summed E-state index contributed by atoms with van der Waals surface area (Å²) >= 11 is 1.50. The summed E-state index contributed by atoms with van der Waals surface area (Å²) in [5.74, 6) is -0.403. The van der Waals surface area contributed by atoms with Crippen molar-refractivity contribution in [1.29, 1.82) is 0 Å². The molecule has 7 heteroatoms. The maximum atomic E-state index is 12.6. The van der Waals surface area contributed by atoms with Gasteiger partial charge in [-0.2, -0.15) is 0 Å². The van der Waals surface area contributed by atoms with E-state index in [2.05, 4.69) is 10.3 Å². The Kier molecular flexibility index (Phi) is 4.57. The largest absolute Gasteiger partial charge is 0.369 e. The molecule has 2 heterocycles. The van der Waals surface area contributed by atoms with Crippen molar-refractivity contribution in [3.8, 4) is 0 Å². The standard InChI is InChI=1S/C16H18N4O2S/c17-14(21)11-4-7-20(8-5-11)15(22)12-2-1-3-13(10-12)19-16-18-6-9-23-16/h1-3,6,9-11H,4-5,7-8H2,(H2,17,21)(H,18,19). The van der Waals surface area contributed by atoms with Crippen molar-refractivity contribution in [2.75, 3.05) is 18.4 Å². The molecule has 3 rings (SSSR count). The molecule has 1 aromatic heterocycles. The van der Waals surface area contributed by atoms with Gasteiger partial charge in [0.2, 0.25) is 5.91 Å². The molecule has 2 amide bonds. The molecule has 0 unspecified atom stereocenters. The number of carbonyl (C=O) groups excluding carboxylic acids is 2. The highest BCUT2D eigenvalue weighted by Gasteiger charge is 2.26. The van der Waals surface area contributed by atoms with Crippen LogP contribution in [0, 0.1) is 5.92 Å². The summed E-state index contributed by atoms with van der Waals surface area (Å²) in [6, 6.07) is 7.37. The van der Waals surface area contributed by atoms with E-state index in [1.807, 2.05) is 23.6 Å². The summed E-state index contributed by atoms with van der Waals surface area (Å²) in [4.78, 5) is 29.8. The molecule has 1 aliphatic rings. The quantitative estimate of drug-likeness (QED) is 0.900. The number of nitrogens with two attached hydrogens (primary N) is 1. The number of likely N-dealkylation sites (tertiary alicyclic amines) is 1. The van der Waals surface area contributed by atoms with Crippen LogP contribution in [0.15, 0.2) is 35.8 Å². The van der Waals surface area contributed by atoms with Crippen molar-refractivity contribution in [2.24, 2.45) is 11.7 Å². The summed E-state index contributed by atoms with van der Waals surface area (Å²) in [6.07, 6.45) is 3.00. The van der Waals surface area contributed by atoms with Crippen LogP contribution >= 0.6 is 11.3 Å². The van der Waals surface area contributed by atoms with Gasteiger partial charge in [0.15, 0.2) is 5.13 Å². The van der Waals surface area contributed by atoms with E-state index < -0.39 is 0 Å². The highest BCUT2D eigenvalue weighted by Crippen LogP contribution is 2.22. The molecule has 1 aliphatic heterocycles. The molecule has 1 aromatic carbocycles. The van der Waals surface area contributed by atoms with E-state index in [1.165, 1.54) is 11.3 Å². The molecule has 1 saturated heterocycles. The number of nitrogens with one attached hydrogen (secondary N) is 1. The van der Waals surface area contributed by atoms with Crippen LogP contribution in [0.1, 0.15) is 23.2 Å². The first-order valence-corrected chi connectivity index (χ1v) is 8.36. The third-order valence-corrected chi connectivity index (χ3v) is 4.67. The van der Waals surface area contributed by atoms with Gasteiger partial charge in [0.05, 0.1) is 0 Å². The maximum absolute atomic E-state index is 12.6. The third-order valence-electron chi connectivity index (χ3n) is 3.98. The monoisotopic (exact) mass is 330 g/mol. The van der Waals surface area contributed by atoms with Gasteiger partial charge in [0.1, 0.15) is 0 Å². The van der Waals surface area contributed by atoms with Crippen LogP contribution in [-0.4, -0.2) is 34.8 Å². The fourth-order valence-corrected chi connectivity index (χ4v) is 3.24. The lowest BCUT2D eigenvalue weighted by Gasteiger charge is -2.30. The minimum absolute atomic E-state index is 0.0179. The van der Waals surface area contributed by atoms with E-state index in [-0.39, 0.29) is 17.7 Å². The van der Waals surface area contributed by atoms with Gasteiger partial charge >= 0.3 is 0 Å². The van der Waals surface area contributed by atoms with Crippen molar-refractivity contribution in [3.63, 3.8) is 0 Å². The van der Waals surface area contributed by atoms with Crippen molar-refractivity contribution in [2.45, 2.75) is 12.8 Å². The molecule has 6 nitrogen and oxygen atoms in total. The summed E-state index contributed by atoms with van der Waals surface area (Å²) in [6.45, 7) is 1.13. The Balaban J connectivity index is 1.67. The third kappa shape index (κ3) is 3.68. The smallest absolute Gasteiger partial charge is 0.253 e. The van der Waals surface area contributed by atoms with E-state index >= 15 is 0 Å². The molecule has 0 atom stereocenters. The predicted molar refractivity (Wildman–Crippen MR) is 89.7 cm³/mol. The lowest BCUT2D eigenvalue weighted by Crippen LogP contribution is -2.41. The van der Waals surface area contributed by atoms with Gasteiger partial charge in [-0.25, -0.2) is 4.98 Å². The normalized spacial score (nSPS) is 15.4. The minimum atomic E-state index is -0.272. The summed E-state index contributed by atoms with van der Waals surface area (Å²) in [5.41, 5.74) is 6.79. The van der Waals surface area contributed by atoms with Gasteiger partial charge < -0.3 is 16.0 Å². The highest BCUT2D eigenvalue weighted by molar-refractivity contribution is 7.13. The average Bonchev–Trinajstić information content (AvgIpc) is 3.07. The van der Waals surface area contributed by atoms with E-state index in [0.717, 1.165) is 10.8 Å². The van der Waals surface area contributed by atoms with E-state index in [4.69, 9.17) is 5.73 Å². The van der Waals surface area contributed by atoms with Crippen LogP contribution in [0.4, 0.5) is 10.8 Å². The van der Waals surface area contributed by atoms with Gasteiger partial charge in [0, 0.05) is 41.8 Å². The molecule has 0 saturated carbocycles. The Morgan fingerprint density at radius 2 is 2.09 bits per heavy atom. The molecule has 0 aliphatic carbocycles. The number of amides is 2. The topological polar surface area (TPSA) is 88.3 Å². The number of hydrogen-bond donors (Lipinski definition) is 2. The van der Waals surface area contributed by atoms with E-state index in [0.29, 0.717) is 31.5 Å². The van der Waals surface area contributed by atoms with Crippen LogP contribution in [0.2, 0.25) is 0 Å². The number of hydrogen-bond acceptors (Lipinski definition) is 5. The number of carbonyl (C=O) groups is 2. The second-order valence-electron chi connectivity index (χ2n) is 5.51. The number of piperidine rings is 1. The Hall–Kier alpha value is -2.41. The van der Waals surface area contributed by atoms with Crippen molar-refractivity contribution in [1.82, 2.24) is 9.88 Å². The second-order valence-corrected chi connectivity index (χ2v) is 6.41. The molecule has 0 bridgehead atoms. The predicted octanol–water partition coefficient (Wildman–Crippen LogP) is 2.22. The number of benzene rings is 1. The number of anilines is 2. The van der Waals surface area contributed by atoms with Gasteiger partial charge in [-0.1, -0.05) is 6.07 Å². The summed E-state index contributed by atoms with van der Waals surface area (Å²) < 4.78 is 0. The van der Waals surface area contributed by atoms with Gasteiger partial charge in [-0.15, -0.1) is 11.3 Å². The molecule has 2 aromatic rings. The van der Waals surface area contributed by atoms with Crippen LogP contribution in [0.25, 0.3) is 0 Å². The van der Waals surface area contributed by atoms with Crippen LogP contribution < -0.4 is 11.1 Å². The Morgan fingerprint density at radius 1 is 1.30 bits per heavy atom. The number of thiazole rings is 1. The minimum Gasteiger partial charge on any atom is -0.369 e. The summed E-state index contributed by atoms with van der Waals surface area (Å²) in [7, 11) is 0. The molecule has 120 valence electrons. The molecule has 3 N–H and O–H groups in total. The van der Waals surface area contributed by atoms with E-state index in [9.17, 15) is 9.59 Å². The van der Waals surface area contributed by atoms with Crippen molar-refractivity contribution >= 4 is 34.0 Å². The van der Waals surface area contributed by atoms with Gasteiger partial charge in [-0.05, 0) is 31.0 Å². The molecule has 0 radical (unpaired) electrons. The first kappa shape index (κ1) is 15.5. The Labute approximate surface area is 138 Å². The lowest BCUT2D eigenvalue weighted by molar-refractivity contribution is -0.123. The highest BCUT2D eigenvalue weighted by atomic mass is 32.1. The lowest BCUT2D eigenvalue weighted by atomic mass is 9.96. The Bertz CT molecular complexity index is 694. The number of nitrogens with zero attached hydrogens (tertiary/aromatic N) is 2. The number of rotatable bonds is 4. The molecular formula is C16H18N4O2S. The zero-order chi connectivity index (χ0) is 16.2. The first-order chi connectivity index (χ1) is 11.1. The fourth-order valence-electron chi connectivity index (χ4n) is 2.69. The van der Waals surface area contributed by atoms with Gasteiger partial charge in [0.25, 0.3) is 5.91 Å². The van der Waals surface area contributed by atoms with Crippen LogP contribution in [0.5, 0.6) is 0 Å². The second kappa shape index (κ2) is 6.78. The first-order valence-electron chi connectivity index (χ1n) is 7.48. The fraction of sp³-hybridized carbons (Fsp3) is 0.312. The average molecular weight is 330 g/mol. The number of primary amides is 1. The molecule has 0 spiro atoms. The van der Waals surface area contributed by atoms with Crippen LogP contribution in [-0.2, 0) is 4.79 Å². The van der Waals surface area contributed by atoms with Gasteiger partial charge in [-0.3, -0.25) is 9.59 Å². The Morgan fingerprint density at radius 3 is 2.74 bits per heavy atom. The molecular weight excluding hydrogens is 312 g/mol. The SMILES string of the molecule is NC(=O)C1CCN(C(=O)c2cccc(Nc3nccs3)c2)CC1. The maximum Gasteiger partial charge on any atom is 0.253 e. The summed E-state index contributed by atoms with van der Waals surface area (Å²) in [5, 5.41) is 5.86. The van der Waals surface area contributed by atoms with Crippen molar-refractivity contribution in [3.05, 3.63) is 41.4 Å². The van der Waals surface area contributed by atoms with Crippen LogP contribution in [0.3, 0.4) is 0 Å². The molecule has 23 heavy (non-hydrogen) atoms. The zero-order valence-electron chi connectivity index (χ0n) is 12.6. The zero-order valence-corrected chi connectivity index (χ0v) is 13.4.